The summed E-state index contributed by atoms with van der Waals surface area (Å²) in [6, 6.07) is 14.1. The highest BCUT2D eigenvalue weighted by molar-refractivity contribution is 9.10. The Labute approximate surface area is 125 Å². The van der Waals surface area contributed by atoms with Crippen LogP contribution in [0.4, 0.5) is 11.4 Å². The van der Waals surface area contributed by atoms with E-state index >= 15 is 0 Å². The minimum atomic E-state index is -0.232. The van der Waals surface area contributed by atoms with Gasteiger partial charge in [-0.05, 0) is 46.3 Å². The molecule has 0 unspecified atom stereocenters. The fourth-order valence-corrected chi connectivity index (χ4v) is 2.08. The maximum absolute atomic E-state index is 12.2. The molecule has 2 N–H and O–H groups in total. The molecule has 5 heteroatoms. The van der Waals surface area contributed by atoms with Crippen molar-refractivity contribution in [3.8, 4) is 0 Å². The molecule has 4 nitrogen and oxygen atoms in total. The first-order valence-corrected chi connectivity index (χ1v) is 6.79. The van der Waals surface area contributed by atoms with Crippen LogP contribution in [0.1, 0.15) is 17.3 Å². The Kier molecular flexibility index (Phi) is 4.53. The maximum atomic E-state index is 12.2. The average Bonchev–Trinajstić information content (AvgIpc) is 2.41. The van der Waals surface area contributed by atoms with Crippen LogP contribution < -0.4 is 10.6 Å². The second kappa shape index (κ2) is 6.34. The molecule has 2 aromatic rings. The molecule has 0 aliphatic heterocycles. The second-order valence-corrected chi connectivity index (χ2v) is 5.05. The number of nitrogens with one attached hydrogen (secondary N) is 2. The largest absolute Gasteiger partial charge is 0.326 e. The first-order valence-electron chi connectivity index (χ1n) is 6.00. The summed E-state index contributed by atoms with van der Waals surface area (Å²) < 4.78 is 0.811. The quantitative estimate of drug-likeness (QED) is 0.901. The van der Waals surface area contributed by atoms with Crippen molar-refractivity contribution in [2.24, 2.45) is 0 Å². The molecule has 0 bridgehead atoms. The standard InChI is InChI=1S/C15H13BrN2O2/c1-10(19)17-12-6-4-5-11(9-12)15(20)18-14-8-3-2-7-13(14)16/h2-9H,1H3,(H,17,19)(H,18,20). The molecule has 2 aromatic carbocycles. The molecule has 0 aliphatic rings. The summed E-state index contributed by atoms with van der Waals surface area (Å²) in [5.74, 6) is -0.405. The number of hydrogen-bond donors (Lipinski definition) is 2. The number of carbonyl (C=O) groups excluding carboxylic acids is 2. The van der Waals surface area contributed by atoms with Crippen LogP contribution in [0, 0.1) is 0 Å². The zero-order valence-electron chi connectivity index (χ0n) is 10.8. The van der Waals surface area contributed by atoms with Gasteiger partial charge < -0.3 is 10.6 Å². The highest BCUT2D eigenvalue weighted by Gasteiger charge is 2.08. The number of halogens is 1. The highest BCUT2D eigenvalue weighted by Crippen LogP contribution is 2.22. The van der Waals surface area contributed by atoms with Crippen LogP contribution in [0.25, 0.3) is 0 Å². The van der Waals surface area contributed by atoms with Crippen LogP contribution >= 0.6 is 15.9 Å². The van der Waals surface area contributed by atoms with E-state index in [-0.39, 0.29) is 11.8 Å². The molecule has 0 radical (unpaired) electrons. The van der Waals surface area contributed by atoms with Crippen LogP contribution in [0.5, 0.6) is 0 Å². The van der Waals surface area contributed by atoms with E-state index in [1.807, 2.05) is 18.2 Å². The number of rotatable bonds is 3. The predicted octanol–water partition coefficient (Wildman–Crippen LogP) is 3.66. The Morgan fingerprint density at radius 2 is 1.75 bits per heavy atom. The molecule has 0 heterocycles. The van der Waals surface area contributed by atoms with Crippen molar-refractivity contribution in [1.82, 2.24) is 0 Å². The summed E-state index contributed by atoms with van der Waals surface area (Å²) in [6.45, 7) is 1.42. The van der Waals surface area contributed by atoms with Gasteiger partial charge in [-0.25, -0.2) is 0 Å². The SMILES string of the molecule is CC(=O)Nc1cccc(C(=O)Nc2ccccc2Br)c1. The van der Waals surface area contributed by atoms with Gasteiger partial charge in [0.2, 0.25) is 5.91 Å². The summed E-state index contributed by atoms with van der Waals surface area (Å²) in [5.41, 5.74) is 1.77. The van der Waals surface area contributed by atoms with E-state index in [4.69, 9.17) is 0 Å². The number of carbonyl (C=O) groups is 2. The van der Waals surface area contributed by atoms with Gasteiger partial charge in [0.25, 0.3) is 5.91 Å². The van der Waals surface area contributed by atoms with E-state index < -0.39 is 0 Å². The molecule has 20 heavy (non-hydrogen) atoms. The minimum Gasteiger partial charge on any atom is -0.326 e. The summed E-state index contributed by atoms with van der Waals surface area (Å²) in [7, 11) is 0. The van der Waals surface area contributed by atoms with Crippen molar-refractivity contribution in [2.45, 2.75) is 6.92 Å². The van der Waals surface area contributed by atoms with Crippen LogP contribution in [-0.4, -0.2) is 11.8 Å². The monoisotopic (exact) mass is 332 g/mol. The van der Waals surface area contributed by atoms with Crippen molar-refractivity contribution >= 4 is 39.1 Å². The second-order valence-electron chi connectivity index (χ2n) is 4.20. The van der Waals surface area contributed by atoms with Crippen LogP contribution in [0.2, 0.25) is 0 Å². The number of anilines is 2. The van der Waals surface area contributed by atoms with Gasteiger partial charge >= 0.3 is 0 Å². The van der Waals surface area contributed by atoms with Crippen LogP contribution in [0.15, 0.2) is 53.0 Å². The molecule has 0 aliphatic carbocycles. The Morgan fingerprint density at radius 3 is 2.45 bits per heavy atom. The van der Waals surface area contributed by atoms with Crippen LogP contribution in [0.3, 0.4) is 0 Å². The zero-order chi connectivity index (χ0) is 14.5. The first-order chi connectivity index (χ1) is 9.56. The molecule has 0 saturated heterocycles. The van der Waals surface area contributed by atoms with Gasteiger partial charge in [-0.2, -0.15) is 0 Å². The minimum absolute atomic E-state index is 0.173. The van der Waals surface area contributed by atoms with Crippen molar-refractivity contribution < 1.29 is 9.59 Å². The Balaban J connectivity index is 2.17. The van der Waals surface area contributed by atoms with Crippen molar-refractivity contribution in [3.05, 3.63) is 58.6 Å². The normalized spacial score (nSPS) is 9.90. The maximum Gasteiger partial charge on any atom is 0.255 e. The number of para-hydroxylation sites is 1. The summed E-state index contributed by atoms with van der Waals surface area (Å²) >= 11 is 3.37. The molecular formula is C15H13BrN2O2. The van der Waals surface area contributed by atoms with E-state index in [0.29, 0.717) is 16.9 Å². The molecule has 102 valence electrons. The van der Waals surface area contributed by atoms with Gasteiger partial charge in [-0.3, -0.25) is 9.59 Å². The third-order valence-electron chi connectivity index (χ3n) is 2.57. The van der Waals surface area contributed by atoms with Gasteiger partial charge in [0.15, 0.2) is 0 Å². The lowest BCUT2D eigenvalue weighted by atomic mass is 10.2. The molecule has 0 atom stereocenters. The van der Waals surface area contributed by atoms with Crippen molar-refractivity contribution in [1.29, 1.82) is 0 Å². The van der Waals surface area contributed by atoms with Gasteiger partial charge in [0, 0.05) is 22.6 Å². The van der Waals surface area contributed by atoms with Gasteiger partial charge in [-0.1, -0.05) is 18.2 Å². The number of hydrogen-bond acceptors (Lipinski definition) is 2. The summed E-state index contributed by atoms with van der Waals surface area (Å²) in [4.78, 5) is 23.2. The summed E-state index contributed by atoms with van der Waals surface area (Å²) in [6.07, 6.45) is 0. The van der Waals surface area contributed by atoms with Crippen LogP contribution in [-0.2, 0) is 4.79 Å². The van der Waals surface area contributed by atoms with E-state index in [1.54, 1.807) is 30.3 Å². The van der Waals surface area contributed by atoms with E-state index in [9.17, 15) is 9.59 Å². The van der Waals surface area contributed by atoms with Crippen molar-refractivity contribution in [2.75, 3.05) is 10.6 Å². The number of benzene rings is 2. The molecule has 0 fully saturated rings. The molecule has 2 amide bonds. The van der Waals surface area contributed by atoms with Gasteiger partial charge in [-0.15, -0.1) is 0 Å². The predicted molar refractivity (Wildman–Crippen MR) is 82.8 cm³/mol. The number of amides is 2. The lowest BCUT2D eigenvalue weighted by Crippen LogP contribution is -2.13. The van der Waals surface area contributed by atoms with E-state index in [0.717, 1.165) is 4.47 Å². The highest BCUT2D eigenvalue weighted by atomic mass is 79.9. The fraction of sp³-hybridized carbons (Fsp3) is 0.0667. The molecule has 0 saturated carbocycles. The Bertz CT molecular complexity index is 656. The lowest BCUT2D eigenvalue weighted by molar-refractivity contribution is -0.114. The smallest absolute Gasteiger partial charge is 0.255 e. The molecule has 2 rings (SSSR count). The van der Waals surface area contributed by atoms with E-state index in [1.165, 1.54) is 6.92 Å². The average molecular weight is 333 g/mol. The third-order valence-corrected chi connectivity index (χ3v) is 3.26. The van der Waals surface area contributed by atoms with Crippen molar-refractivity contribution in [3.63, 3.8) is 0 Å². The van der Waals surface area contributed by atoms with Gasteiger partial charge in [0.05, 0.1) is 5.69 Å². The zero-order valence-corrected chi connectivity index (χ0v) is 12.4. The first kappa shape index (κ1) is 14.3. The molecule has 0 spiro atoms. The van der Waals surface area contributed by atoms with E-state index in [2.05, 4.69) is 26.6 Å². The third kappa shape index (κ3) is 3.68. The summed E-state index contributed by atoms with van der Waals surface area (Å²) in [5, 5.41) is 5.46. The Hall–Kier alpha value is -2.14. The fourth-order valence-electron chi connectivity index (χ4n) is 1.70. The Morgan fingerprint density at radius 1 is 1.00 bits per heavy atom. The molecular weight excluding hydrogens is 320 g/mol. The topological polar surface area (TPSA) is 58.2 Å². The molecule has 0 aromatic heterocycles. The lowest BCUT2D eigenvalue weighted by Gasteiger charge is -2.08. The van der Waals surface area contributed by atoms with Gasteiger partial charge in [0.1, 0.15) is 0 Å².